The van der Waals surface area contributed by atoms with Gasteiger partial charge < -0.3 is 20.3 Å². The summed E-state index contributed by atoms with van der Waals surface area (Å²) in [5.41, 5.74) is -1.63. The van der Waals surface area contributed by atoms with Gasteiger partial charge in [-0.15, -0.1) is 0 Å². The van der Waals surface area contributed by atoms with Gasteiger partial charge in [-0.2, -0.15) is 5.26 Å². The molecule has 0 aliphatic carbocycles. The highest BCUT2D eigenvalue weighted by Gasteiger charge is 2.24. The van der Waals surface area contributed by atoms with Crippen molar-refractivity contribution >= 4 is 6.09 Å². The van der Waals surface area contributed by atoms with E-state index in [0.29, 0.717) is 12.1 Å². The molecule has 0 fully saturated rings. The summed E-state index contributed by atoms with van der Waals surface area (Å²) in [7, 11) is 0. The molecular formula is C16H20F2N2O4. The molecule has 0 aliphatic rings. The Morgan fingerprint density at radius 3 is 2.50 bits per heavy atom. The number of carbonyl (C=O) groups is 1. The van der Waals surface area contributed by atoms with Crippen LogP contribution in [0.4, 0.5) is 13.6 Å². The van der Waals surface area contributed by atoms with Crippen molar-refractivity contribution in [3.8, 4) is 6.07 Å². The van der Waals surface area contributed by atoms with Crippen LogP contribution < -0.4 is 5.32 Å². The molecule has 0 spiro atoms. The molecule has 3 N–H and O–H groups in total. The number of alkyl carbamates (subject to hydrolysis) is 1. The fourth-order valence-corrected chi connectivity index (χ4v) is 1.88. The first-order valence-electron chi connectivity index (χ1n) is 7.27. The van der Waals surface area contributed by atoms with Crippen LogP contribution in [0.15, 0.2) is 12.1 Å². The van der Waals surface area contributed by atoms with Crippen molar-refractivity contribution in [2.24, 2.45) is 0 Å². The van der Waals surface area contributed by atoms with Crippen LogP contribution in [-0.2, 0) is 4.74 Å². The van der Waals surface area contributed by atoms with E-state index < -0.39 is 46.7 Å². The van der Waals surface area contributed by atoms with Crippen LogP contribution in [0.3, 0.4) is 0 Å². The Hall–Kier alpha value is -2.24. The number of nitrogens with zero attached hydrogens (tertiary/aromatic N) is 1. The summed E-state index contributed by atoms with van der Waals surface area (Å²) in [6, 6.07) is 2.80. The maximum atomic E-state index is 13.8. The Morgan fingerprint density at radius 1 is 1.33 bits per heavy atom. The summed E-state index contributed by atoms with van der Waals surface area (Å²) in [5.74, 6) is -1.99. The van der Waals surface area contributed by atoms with Crippen LogP contribution in [0.2, 0.25) is 0 Å². The van der Waals surface area contributed by atoms with Gasteiger partial charge in [0.25, 0.3) is 0 Å². The molecule has 0 bridgehead atoms. The number of aliphatic hydroxyl groups excluding tert-OH is 2. The van der Waals surface area contributed by atoms with Gasteiger partial charge in [0, 0.05) is 12.1 Å². The molecule has 0 radical (unpaired) electrons. The summed E-state index contributed by atoms with van der Waals surface area (Å²) in [4.78, 5) is 11.4. The lowest BCUT2D eigenvalue weighted by Gasteiger charge is -2.21. The third kappa shape index (κ3) is 5.76. The number of amides is 1. The van der Waals surface area contributed by atoms with Crippen molar-refractivity contribution in [1.29, 1.82) is 5.26 Å². The van der Waals surface area contributed by atoms with E-state index in [1.54, 1.807) is 20.8 Å². The highest BCUT2D eigenvalue weighted by molar-refractivity contribution is 5.67. The number of carbonyl (C=O) groups excluding carboxylic acids is 1. The molecule has 6 nitrogen and oxygen atoms in total. The van der Waals surface area contributed by atoms with Crippen LogP contribution in [0.1, 0.15) is 44.4 Å². The van der Waals surface area contributed by atoms with Crippen LogP contribution >= 0.6 is 0 Å². The number of hydrogen-bond donors (Lipinski definition) is 3. The molecule has 8 heteroatoms. The fraction of sp³-hybridized carbons (Fsp3) is 0.500. The van der Waals surface area contributed by atoms with Gasteiger partial charge in [0.1, 0.15) is 29.4 Å². The monoisotopic (exact) mass is 342 g/mol. The minimum absolute atomic E-state index is 0.0342. The van der Waals surface area contributed by atoms with E-state index in [4.69, 9.17) is 10.00 Å². The maximum absolute atomic E-state index is 13.8. The molecule has 0 heterocycles. The largest absolute Gasteiger partial charge is 0.444 e. The van der Waals surface area contributed by atoms with E-state index in [1.165, 1.54) is 6.07 Å². The van der Waals surface area contributed by atoms with Gasteiger partial charge in [-0.25, -0.2) is 13.6 Å². The van der Waals surface area contributed by atoms with Crippen molar-refractivity contribution < 1.29 is 28.5 Å². The molecule has 132 valence electrons. The third-order valence-electron chi connectivity index (χ3n) is 3.00. The summed E-state index contributed by atoms with van der Waals surface area (Å²) < 4.78 is 32.3. The normalized spacial score (nSPS) is 13.8. The molecule has 1 aromatic rings. The number of hydrogen-bond acceptors (Lipinski definition) is 5. The number of rotatable bonds is 5. The van der Waals surface area contributed by atoms with Crippen LogP contribution in [0.5, 0.6) is 0 Å². The first kappa shape index (κ1) is 19.8. The van der Waals surface area contributed by atoms with Crippen molar-refractivity contribution in [2.45, 2.75) is 45.0 Å². The highest BCUT2D eigenvalue weighted by atomic mass is 19.1. The second kappa shape index (κ2) is 8.04. The Balaban J connectivity index is 2.63. The van der Waals surface area contributed by atoms with Crippen LogP contribution in [0, 0.1) is 23.0 Å². The molecule has 1 aromatic carbocycles. The van der Waals surface area contributed by atoms with Gasteiger partial charge in [-0.05, 0) is 39.3 Å². The number of ether oxygens (including phenoxy) is 1. The predicted molar refractivity (Wildman–Crippen MR) is 80.9 cm³/mol. The first-order chi connectivity index (χ1) is 11.0. The van der Waals surface area contributed by atoms with Crippen LogP contribution in [0.25, 0.3) is 0 Å². The van der Waals surface area contributed by atoms with E-state index in [-0.39, 0.29) is 13.0 Å². The first-order valence-corrected chi connectivity index (χ1v) is 7.27. The SMILES string of the molecule is CC(C)(C)OC(=O)NCCC(O)C(O)c1cc(F)c(C#N)cc1F. The van der Waals surface area contributed by atoms with Crippen molar-refractivity contribution in [2.75, 3.05) is 6.54 Å². The average molecular weight is 342 g/mol. The number of halogens is 2. The molecule has 2 atom stereocenters. The average Bonchev–Trinajstić information content (AvgIpc) is 2.46. The molecular weight excluding hydrogens is 322 g/mol. The third-order valence-corrected chi connectivity index (χ3v) is 3.00. The Kier molecular flexibility index (Phi) is 6.63. The molecule has 0 saturated heterocycles. The van der Waals surface area contributed by atoms with Crippen LogP contribution in [-0.4, -0.2) is 34.6 Å². The van der Waals surface area contributed by atoms with Gasteiger partial charge >= 0.3 is 6.09 Å². The second-order valence-electron chi connectivity index (χ2n) is 6.19. The number of benzene rings is 1. The molecule has 2 unspecified atom stereocenters. The fourth-order valence-electron chi connectivity index (χ4n) is 1.88. The summed E-state index contributed by atoms with van der Waals surface area (Å²) >= 11 is 0. The zero-order valence-corrected chi connectivity index (χ0v) is 13.6. The van der Waals surface area contributed by atoms with Gasteiger partial charge in [0.05, 0.1) is 11.7 Å². The Bertz CT molecular complexity index is 638. The van der Waals surface area contributed by atoms with E-state index in [9.17, 15) is 23.8 Å². The molecule has 0 aliphatic heterocycles. The standard InChI is InChI=1S/C16H20F2N2O4/c1-16(2,3)24-15(23)20-5-4-13(21)14(22)10-7-11(17)9(8-19)6-12(10)18/h6-7,13-14,21-22H,4-5H2,1-3H3,(H,20,23). The molecule has 0 saturated carbocycles. The van der Waals surface area contributed by atoms with E-state index >= 15 is 0 Å². The zero-order valence-electron chi connectivity index (χ0n) is 13.6. The predicted octanol–water partition coefficient (Wildman–Crippen LogP) is 2.15. The molecule has 24 heavy (non-hydrogen) atoms. The topological polar surface area (TPSA) is 103 Å². The number of nitrogens with one attached hydrogen (secondary N) is 1. The summed E-state index contributed by atoms with van der Waals surface area (Å²) in [6.07, 6.45) is -3.95. The van der Waals surface area contributed by atoms with E-state index in [0.717, 1.165) is 0 Å². The second-order valence-corrected chi connectivity index (χ2v) is 6.19. The lowest BCUT2D eigenvalue weighted by molar-refractivity contribution is 0.0102. The summed E-state index contributed by atoms with van der Waals surface area (Å²) in [5, 5.41) is 30.8. The van der Waals surface area contributed by atoms with Crippen molar-refractivity contribution in [3.05, 3.63) is 34.9 Å². The smallest absolute Gasteiger partial charge is 0.407 e. The maximum Gasteiger partial charge on any atom is 0.407 e. The molecule has 1 rings (SSSR count). The Morgan fingerprint density at radius 2 is 1.96 bits per heavy atom. The summed E-state index contributed by atoms with van der Waals surface area (Å²) in [6.45, 7) is 5.03. The van der Waals surface area contributed by atoms with Gasteiger partial charge in [-0.3, -0.25) is 0 Å². The zero-order chi connectivity index (χ0) is 18.5. The van der Waals surface area contributed by atoms with E-state index in [2.05, 4.69) is 5.32 Å². The number of nitriles is 1. The quantitative estimate of drug-likeness (QED) is 0.761. The lowest BCUT2D eigenvalue weighted by atomic mass is 10.00. The molecule has 0 aromatic heterocycles. The van der Waals surface area contributed by atoms with E-state index in [1.807, 2.05) is 0 Å². The molecule has 1 amide bonds. The van der Waals surface area contributed by atoms with Gasteiger partial charge in [0.15, 0.2) is 0 Å². The van der Waals surface area contributed by atoms with Gasteiger partial charge in [-0.1, -0.05) is 0 Å². The van der Waals surface area contributed by atoms with Crippen molar-refractivity contribution in [3.63, 3.8) is 0 Å². The minimum atomic E-state index is -1.70. The van der Waals surface area contributed by atoms with Crippen molar-refractivity contribution in [1.82, 2.24) is 5.32 Å². The minimum Gasteiger partial charge on any atom is -0.444 e. The van der Waals surface area contributed by atoms with Gasteiger partial charge in [0.2, 0.25) is 0 Å². The Labute approximate surface area is 138 Å². The number of aliphatic hydroxyl groups is 2. The highest BCUT2D eigenvalue weighted by Crippen LogP contribution is 2.24. The lowest BCUT2D eigenvalue weighted by Crippen LogP contribution is -2.34.